The van der Waals surface area contributed by atoms with Crippen molar-refractivity contribution in [3.8, 4) is 0 Å². The maximum atomic E-state index is 4.30. The summed E-state index contributed by atoms with van der Waals surface area (Å²) in [6.45, 7) is 6.80. The van der Waals surface area contributed by atoms with Crippen molar-refractivity contribution < 1.29 is 0 Å². The molecule has 0 aliphatic carbocycles. The number of piperidine rings is 1. The summed E-state index contributed by atoms with van der Waals surface area (Å²) >= 11 is 0. The number of aromatic amines is 1. The van der Waals surface area contributed by atoms with Crippen molar-refractivity contribution in [3.63, 3.8) is 0 Å². The van der Waals surface area contributed by atoms with E-state index in [9.17, 15) is 0 Å². The molecule has 108 valence electrons. The molecule has 1 saturated heterocycles. The second kappa shape index (κ2) is 6.22. The molecule has 2 aromatic heterocycles. The van der Waals surface area contributed by atoms with Crippen LogP contribution < -0.4 is 0 Å². The van der Waals surface area contributed by atoms with Crippen LogP contribution in [0.2, 0.25) is 0 Å². The molecule has 0 spiro atoms. The minimum atomic E-state index is 0.799. The van der Waals surface area contributed by atoms with Crippen molar-refractivity contribution in [3.05, 3.63) is 36.2 Å². The second-order valence-corrected chi connectivity index (χ2v) is 5.77. The Hall–Kier alpha value is -1.62. The molecule has 20 heavy (non-hydrogen) atoms. The van der Waals surface area contributed by atoms with Crippen molar-refractivity contribution in [2.24, 2.45) is 5.92 Å². The van der Waals surface area contributed by atoms with E-state index < -0.39 is 0 Å². The summed E-state index contributed by atoms with van der Waals surface area (Å²) in [5.41, 5.74) is 1.31. The zero-order chi connectivity index (χ0) is 13.8. The van der Waals surface area contributed by atoms with Gasteiger partial charge in [0.2, 0.25) is 0 Å². The maximum absolute atomic E-state index is 4.30. The molecule has 1 N–H and O–H groups in total. The first-order chi connectivity index (χ1) is 9.81. The highest BCUT2D eigenvalue weighted by Crippen LogP contribution is 2.19. The van der Waals surface area contributed by atoms with E-state index in [2.05, 4.69) is 37.8 Å². The summed E-state index contributed by atoms with van der Waals surface area (Å²) < 4.78 is 2.28. The van der Waals surface area contributed by atoms with Crippen LogP contribution in [0.4, 0.5) is 0 Å². The van der Waals surface area contributed by atoms with Crippen molar-refractivity contribution >= 4 is 0 Å². The number of hydrogen-bond acceptors (Lipinski definition) is 3. The topological polar surface area (TPSA) is 49.7 Å². The van der Waals surface area contributed by atoms with Crippen LogP contribution in [0.1, 0.15) is 24.2 Å². The number of nitrogens with one attached hydrogen (secondary N) is 1. The van der Waals surface area contributed by atoms with Gasteiger partial charge in [0.1, 0.15) is 5.82 Å². The maximum Gasteiger partial charge on any atom is 0.105 e. The summed E-state index contributed by atoms with van der Waals surface area (Å²) in [5, 5.41) is 6.87. The number of imidazole rings is 1. The summed E-state index contributed by atoms with van der Waals surface area (Å²) in [5.74, 6) is 1.93. The number of nitrogens with zero attached hydrogens (tertiary/aromatic N) is 4. The fourth-order valence-corrected chi connectivity index (χ4v) is 2.97. The number of aromatic nitrogens is 4. The van der Waals surface area contributed by atoms with Gasteiger partial charge in [-0.3, -0.25) is 5.10 Å². The van der Waals surface area contributed by atoms with E-state index in [4.69, 9.17) is 0 Å². The van der Waals surface area contributed by atoms with Crippen LogP contribution in [0.5, 0.6) is 0 Å². The average molecular weight is 273 g/mol. The lowest BCUT2D eigenvalue weighted by Crippen LogP contribution is -2.36. The van der Waals surface area contributed by atoms with Gasteiger partial charge in [0.15, 0.2) is 0 Å². The Balaban J connectivity index is 1.42. The number of hydrogen-bond donors (Lipinski definition) is 1. The minimum absolute atomic E-state index is 0.799. The smallest absolute Gasteiger partial charge is 0.105 e. The number of likely N-dealkylation sites (tertiary alicyclic amines) is 1. The van der Waals surface area contributed by atoms with Gasteiger partial charge in [-0.25, -0.2) is 4.98 Å². The molecular weight excluding hydrogens is 250 g/mol. The lowest BCUT2D eigenvalue weighted by molar-refractivity contribution is 0.175. The fourth-order valence-electron chi connectivity index (χ4n) is 2.97. The largest absolute Gasteiger partial charge is 0.335 e. The van der Waals surface area contributed by atoms with E-state index in [0.717, 1.165) is 31.3 Å². The Morgan fingerprint density at radius 3 is 2.85 bits per heavy atom. The van der Waals surface area contributed by atoms with Gasteiger partial charge in [0.25, 0.3) is 0 Å². The molecule has 0 saturated carbocycles. The monoisotopic (exact) mass is 273 g/mol. The Kier molecular flexibility index (Phi) is 4.16. The zero-order valence-electron chi connectivity index (χ0n) is 12.1. The Morgan fingerprint density at radius 1 is 1.35 bits per heavy atom. The lowest BCUT2D eigenvalue weighted by atomic mass is 9.96. The predicted octanol–water partition coefficient (Wildman–Crippen LogP) is 1.87. The Labute approximate surface area is 120 Å². The van der Waals surface area contributed by atoms with Crippen molar-refractivity contribution in [1.82, 2.24) is 24.6 Å². The third-order valence-electron chi connectivity index (χ3n) is 4.36. The molecular formula is C15H23N5. The summed E-state index contributed by atoms with van der Waals surface area (Å²) in [6.07, 6.45) is 11.6. The van der Waals surface area contributed by atoms with Gasteiger partial charge in [-0.1, -0.05) is 0 Å². The molecule has 1 aliphatic rings. The highest BCUT2D eigenvalue weighted by molar-refractivity contribution is 5.02. The number of rotatable bonds is 5. The molecule has 0 radical (unpaired) electrons. The van der Waals surface area contributed by atoms with Crippen molar-refractivity contribution in [2.75, 3.05) is 19.6 Å². The van der Waals surface area contributed by atoms with Gasteiger partial charge >= 0.3 is 0 Å². The minimum Gasteiger partial charge on any atom is -0.335 e. The molecule has 0 atom stereocenters. The molecule has 0 aromatic carbocycles. The first-order valence-electron chi connectivity index (χ1n) is 7.49. The van der Waals surface area contributed by atoms with Crippen LogP contribution in [0.3, 0.4) is 0 Å². The van der Waals surface area contributed by atoms with E-state index in [0.29, 0.717) is 0 Å². The fraction of sp³-hybridized carbons (Fsp3) is 0.600. The van der Waals surface area contributed by atoms with Gasteiger partial charge in [0, 0.05) is 31.7 Å². The van der Waals surface area contributed by atoms with Crippen LogP contribution in [0.15, 0.2) is 24.8 Å². The number of H-pyrrole nitrogens is 1. The third kappa shape index (κ3) is 3.28. The highest BCUT2D eigenvalue weighted by atomic mass is 15.1. The molecule has 2 aromatic rings. The Bertz CT molecular complexity index is 508. The van der Waals surface area contributed by atoms with Gasteiger partial charge in [-0.15, -0.1) is 0 Å². The molecule has 3 rings (SSSR count). The molecule has 0 unspecified atom stereocenters. The first-order valence-corrected chi connectivity index (χ1v) is 7.49. The molecule has 1 fully saturated rings. The molecule has 3 heterocycles. The van der Waals surface area contributed by atoms with Gasteiger partial charge in [-0.2, -0.15) is 5.10 Å². The molecule has 0 bridgehead atoms. The third-order valence-corrected chi connectivity index (χ3v) is 4.36. The quantitative estimate of drug-likeness (QED) is 0.905. The summed E-state index contributed by atoms with van der Waals surface area (Å²) in [6, 6.07) is 0. The van der Waals surface area contributed by atoms with Gasteiger partial charge in [0.05, 0.1) is 6.20 Å². The van der Waals surface area contributed by atoms with Crippen LogP contribution in [0.25, 0.3) is 0 Å². The van der Waals surface area contributed by atoms with E-state index in [1.165, 1.54) is 31.5 Å². The van der Waals surface area contributed by atoms with Gasteiger partial charge in [-0.05, 0) is 50.8 Å². The summed E-state index contributed by atoms with van der Waals surface area (Å²) in [4.78, 5) is 6.87. The lowest BCUT2D eigenvalue weighted by Gasteiger charge is -2.32. The highest BCUT2D eigenvalue weighted by Gasteiger charge is 2.19. The van der Waals surface area contributed by atoms with Crippen LogP contribution in [0, 0.1) is 12.8 Å². The molecule has 0 amide bonds. The molecule has 5 nitrogen and oxygen atoms in total. The van der Waals surface area contributed by atoms with E-state index in [1.807, 2.05) is 18.6 Å². The van der Waals surface area contributed by atoms with E-state index >= 15 is 0 Å². The Morgan fingerprint density at radius 2 is 2.20 bits per heavy atom. The summed E-state index contributed by atoms with van der Waals surface area (Å²) in [7, 11) is 0. The second-order valence-electron chi connectivity index (χ2n) is 5.77. The van der Waals surface area contributed by atoms with Crippen molar-refractivity contribution in [2.45, 2.75) is 32.7 Å². The van der Waals surface area contributed by atoms with Gasteiger partial charge < -0.3 is 9.47 Å². The molecule has 1 aliphatic heterocycles. The average Bonchev–Trinajstić information content (AvgIpc) is 3.11. The van der Waals surface area contributed by atoms with Crippen LogP contribution >= 0.6 is 0 Å². The standard InChI is InChI=1S/C15H23N5/c1-13-16-5-9-20(13)12-14-2-6-19(7-3-14)8-4-15-10-17-18-11-15/h5,9-11,14H,2-4,6-8,12H2,1H3,(H,17,18). The van der Waals surface area contributed by atoms with Crippen LogP contribution in [-0.2, 0) is 13.0 Å². The van der Waals surface area contributed by atoms with E-state index in [-0.39, 0.29) is 0 Å². The first kappa shape index (κ1) is 13.4. The number of aryl methyl sites for hydroxylation is 1. The molecule has 5 heteroatoms. The van der Waals surface area contributed by atoms with Crippen LogP contribution in [-0.4, -0.2) is 44.3 Å². The normalized spacial score (nSPS) is 17.6. The van der Waals surface area contributed by atoms with E-state index in [1.54, 1.807) is 0 Å². The SMILES string of the molecule is Cc1nccn1CC1CCN(CCc2cn[nH]c2)CC1. The van der Waals surface area contributed by atoms with Crippen molar-refractivity contribution in [1.29, 1.82) is 0 Å². The zero-order valence-corrected chi connectivity index (χ0v) is 12.1. The predicted molar refractivity (Wildman–Crippen MR) is 78.4 cm³/mol.